The zero-order valence-corrected chi connectivity index (χ0v) is 17.7. The number of hydrogen-bond acceptors (Lipinski definition) is 0. The molecule has 0 atom stereocenters. The summed E-state index contributed by atoms with van der Waals surface area (Å²) in [6.45, 7) is 6.92. The number of fused-ring (bicyclic) bond motifs is 5. The highest BCUT2D eigenvalue weighted by Crippen LogP contribution is 2.51. The summed E-state index contributed by atoms with van der Waals surface area (Å²) in [6.07, 6.45) is 0. The summed E-state index contributed by atoms with van der Waals surface area (Å²) in [5, 5.41) is 5.30. The van der Waals surface area contributed by atoms with Crippen LogP contribution >= 0.6 is 0 Å². The lowest BCUT2D eigenvalue weighted by Crippen LogP contribution is -2.15. The third-order valence-corrected chi connectivity index (χ3v) is 7.00. The number of benzene rings is 5. The molecule has 144 valence electrons. The highest BCUT2D eigenvalue weighted by atomic mass is 14.4. The van der Waals surface area contributed by atoms with Crippen LogP contribution in [0.2, 0.25) is 0 Å². The average Bonchev–Trinajstić information content (AvgIpc) is 2.99. The molecule has 0 radical (unpaired) electrons. The van der Waals surface area contributed by atoms with E-state index in [1.54, 1.807) is 0 Å². The van der Waals surface area contributed by atoms with Crippen molar-refractivity contribution in [1.82, 2.24) is 0 Å². The van der Waals surface area contributed by atoms with Crippen LogP contribution < -0.4 is 0 Å². The van der Waals surface area contributed by atoms with Crippen molar-refractivity contribution in [3.63, 3.8) is 0 Å². The average molecular weight is 385 g/mol. The van der Waals surface area contributed by atoms with E-state index in [0.29, 0.717) is 0 Å². The van der Waals surface area contributed by atoms with Crippen LogP contribution in [0.3, 0.4) is 0 Å². The molecular weight excluding hydrogens is 360 g/mol. The summed E-state index contributed by atoms with van der Waals surface area (Å²) < 4.78 is 0. The maximum absolute atomic E-state index is 2.43. The van der Waals surface area contributed by atoms with E-state index >= 15 is 0 Å². The molecule has 0 nitrogen and oxygen atoms in total. The summed E-state index contributed by atoms with van der Waals surface area (Å²) in [7, 11) is 0. The van der Waals surface area contributed by atoms with Gasteiger partial charge in [0, 0.05) is 5.41 Å². The Morgan fingerprint density at radius 2 is 1.17 bits per heavy atom. The molecule has 0 aliphatic heterocycles. The van der Waals surface area contributed by atoms with Crippen molar-refractivity contribution < 1.29 is 0 Å². The summed E-state index contributed by atoms with van der Waals surface area (Å²) in [5.74, 6) is 0. The van der Waals surface area contributed by atoms with Gasteiger partial charge in [-0.15, -0.1) is 0 Å². The minimum absolute atomic E-state index is 0.00872. The lowest BCUT2D eigenvalue weighted by atomic mass is 9.81. The molecule has 1 aliphatic rings. The van der Waals surface area contributed by atoms with Crippen molar-refractivity contribution in [1.29, 1.82) is 0 Å². The molecule has 0 heteroatoms. The minimum atomic E-state index is -0.00872. The molecule has 0 N–H and O–H groups in total. The van der Waals surface area contributed by atoms with Gasteiger partial charge in [0.2, 0.25) is 0 Å². The zero-order chi connectivity index (χ0) is 20.5. The van der Waals surface area contributed by atoms with Crippen LogP contribution in [-0.2, 0) is 5.41 Å². The Morgan fingerprint density at radius 1 is 0.533 bits per heavy atom. The van der Waals surface area contributed by atoms with Crippen molar-refractivity contribution in [2.45, 2.75) is 26.2 Å². The third kappa shape index (κ3) is 2.34. The van der Waals surface area contributed by atoms with Crippen LogP contribution in [0.4, 0.5) is 0 Å². The Morgan fingerprint density at radius 3 is 1.97 bits per heavy atom. The minimum Gasteiger partial charge on any atom is -0.0616 e. The van der Waals surface area contributed by atoms with Crippen LogP contribution in [0.15, 0.2) is 91.0 Å². The van der Waals surface area contributed by atoms with E-state index in [0.717, 1.165) is 0 Å². The fraction of sp³-hybridized carbons (Fsp3) is 0.133. The Balaban J connectivity index is 1.59. The van der Waals surface area contributed by atoms with E-state index in [4.69, 9.17) is 0 Å². The summed E-state index contributed by atoms with van der Waals surface area (Å²) in [4.78, 5) is 0. The molecule has 0 amide bonds. The van der Waals surface area contributed by atoms with Gasteiger partial charge in [0.05, 0.1) is 0 Å². The maximum Gasteiger partial charge on any atom is 0.0159 e. The van der Waals surface area contributed by atoms with Crippen molar-refractivity contribution in [2.24, 2.45) is 0 Å². The lowest BCUT2D eigenvalue weighted by Gasteiger charge is -2.22. The summed E-state index contributed by atoms with van der Waals surface area (Å²) in [6, 6.07) is 33.8. The highest BCUT2D eigenvalue weighted by molar-refractivity contribution is 6.00. The molecule has 0 saturated carbocycles. The standard InChI is InChI=1S/C30H24/c1-19-12-14-24(25-11-7-6-10-23(19)25)22-13-15-26-27-16-20-8-4-5-9-21(20)17-29(27)30(2,3)28(26)18-22/h4-18H,1-3H3. The highest BCUT2D eigenvalue weighted by Gasteiger charge is 2.35. The van der Waals surface area contributed by atoms with Gasteiger partial charge in [0.25, 0.3) is 0 Å². The topological polar surface area (TPSA) is 0 Å². The maximum atomic E-state index is 2.43. The first-order valence-electron chi connectivity index (χ1n) is 10.7. The zero-order valence-electron chi connectivity index (χ0n) is 17.7. The molecule has 5 aromatic rings. The quantitative estimate of drug-likeness (QED) is 0.273. The largest absolute Gasteiger partial charge is 0.0616 e. The molecule has 30 heavy (non-hydrogen) atoms. The van der Waals surface area contributed by atoms with Crippen LogP contribution in [-0.4, -0.2) is 0 Å². The van der Waals surface area contributed by atoms with E-state index in [1.807, 2.05) is 0 Å². The first-order valence-corrected chi connectivity index (χ1v) is 10.7. The number of hydrogen-bond donors (Lipinski definition) is 0. The molecule has 1 aliphatic carbocycles. The molecule has 0 heterocycles. The first kappa shape index (κ1) is 17.5. The SMILES string of the molecule is Cc1ccc(-c2ccc3c(c2)C(C)(C)c2cc4ccccc4cc2-3)c2ccccc12. The molecular formula is C30H24. The molecule has 0 unspecified atom stereocenters. The normalized spacial score (nSPS) is 14.1. The molecule has 6 rings (SSSR count). The summed E-state index contributed by atoms with van der Waals surface area (Å²) in [5.41, 5.74) is 9.55. The molecule has 0 fully saturated rings. The van der Waals surface area contributed by atoms with Gasteiger partial charge in [-0.2, -0.15) is 0 Å². The van der Waals surface area contributed by atoms with E-state index in [2.05, 4.69) is 112 Å². The predicted octanol–water partition coefficient (Wildman–Crippen LogP) is 8.27. The molecule has 5 aromatic carbocycles. The second kappa shape index (κ2) is 6.06. The third-order valence-electron chi connectivity index (χ3n) is 7.00. The predicted molar refractivity (Wildman–Crippen MR) is 129 cm³/mol. The van der Waals surface area contributed by atoms with Crippen LogP contribution in [0.5, 0.6) is 0 Å². The second-order valence-corrected chi connectivity index (χ2v) is 9.11. The van der Waals surface area contributed by atoms with Gasteiger partial charge < -0.3 is 0 Å². The molecule has 0 aromatic heterocycles. The second-order valence-electron chi connectivity index (χ2n) is 9.11. The van der Waals surface area contributed by atoms with Gasteiger partial charge in [-0.3, -0.25) is 0 Å². The van der Waals surface area contributed by atoms with Gasteiger partial charge in [-0.05, 0) is 85.6 Å². The number of aryl methyl sites for hydroxylation is 1. The Hall–Kier alpha value is -3.38. The van der Waals surface area contributed by atoms with Crippen LogP contribution in [0, 0.1) is 6.92 Å². The van der Waals surface area contributed by atoms with E-state index < -0.39 is 0 Å². The summed E-state index contributed by atoms with van der Waals surface area (Å²) >= 11 is 0. The molecule has 0 saturated heterocycles. The van der Waals surface area contributed by atoms with Gasteiger partial charge in [-0.25, -0.2) is 0 Å². The van der Waals surface area contributed by atoms with Gasteiger partial charge in [0.15, 0.2) is 0 Å². The van der Waals surface area contributed by atoms with E-state index in [1.165, 1.54) is 60.5 Å². The first-order chi connectivity index (χ1) is 14.5. The van der Waals surface area contributed by atoms with Crippen LogP contribution in [0.25, 0.3) is 43.8 Å². The lowest BCUT2D eigenvalue weighted by molar-refractivity contribution is 0.661. The Bertz CT molecular complexity index is 1470. The van der Waals surface area contributed by atoms with Crippen LogP contribution in [0.1, 0.15) is 30.5 Å². The van der Waals surface area contributed by atoms with Crippen molar-refractivity contribution in [2.75, 3.05) is 0 Å². The van der Waals surface area contributed by atoms with Gasteiger partial charge >= 0.3 is 0 Å². The smallest absolute Gasteiger partial charge is 0.0159 e. The van der Waals surface area contributed by atoms with Gasteiger partial charge in [0.1, 0.15) is 0 Å². The van der Waals surface area contributed by atoms with Crippen molar-refractivity contribution >= 4 is 21.5 Å². The van der Waals surface area contributed by atoms with E-state index in [9.17, 15) is 0 Å². The monoisotopic (exact) mass is 384 g/mol. The van der Waals surface area contributed by atoms with Gasteiger partial charge in [-0.1, -0.05) is 86.6 Å². The fourth-order valence-electron chi connectivity index (χ4n) is 5.29. The Kier molecular flexibility index (Phi) is 3.53. The molecule has 0 spiro atoms. The fourth-order valence-corrected chi connectivity index (χ4v) is 5.29. The Labute approximate surface area is 177 Å². The molecule has 0 bridgehead atoms. The van der Waals surface area contributed by atoms with E-state index in [-0.39, 0.29) is 5.41 Å². The number of rotatable bonds is 1. The van der Waals surface area contributed by atoms with Crippen molar-refractivity contribution in [3.05, 3.63) is 108 Å². The van der Waals surface area contributed by atoms with Crippen molar-refractivity contribution in [3.8, 4) is 22.3 Å².